The Balaban J connectivity index is 2.05. The molecule has 2 fully saturated rings. The van der Waals surface area contributed by atoms with E-state index < -0.39 is 33.4 Å². The molecule has 2 aliphatic heterocycles. The first-order chi connectivity index (χ1) is 9.27. The predicted molar refractivity (Wildman–Crippen MR) is 66.7 cm³/mol. The highest BCUT2D eigenvalue weighted by Crippen LogP contribution is 2.44. The molecule has 2 heterocycles. The zero-order valence-electron chi connectivity index (χ0n) is 11.0. The van der Waals surface area contributed by atoms with Gasteiger partial charge in [-0.2, -0.15) is 13.2 Å². The van der Waals surface area contributed by atoms with Crippen molar-refractivity contribution in [3.63, 3.8) is 0 Å². The molecular weight excluding hydrogens is 297 g/mol. The molecule has 0 saturated carbocycles. The van der Waals surface area contributed by atoms with Crippen molar-refractivity contribution in [2.75, 3.05) is 32.8 Å². The van der Waals surface area contributed by atoms with Crippen LogP contribution in [0.25, 0.3) is 0 Å². The van der Waals surface area contributed by atoms with Crippen molar-refractivity contribution < 1.29 is 26.3 Å². The second-order valence-corrected chi connectivity index (χ2v) is 7.43. The summed E-state index contributed by atoms with van der Waals surface area (Å²) in [6.07, 6.45) is -4.31. The number of rotatable bonds is 4. The SMILES string of the molecule is O=S(=O)(NCC1(C(F)(F)F)CCNCC1)C1CCOC1. The second-order valence-electron chi connectivity index (χ2n) is 5.38. The minimum atomic E-state index is -4.41. The maximum Gasteiger partial charge on any atom is 0.395 e. The first kappa shape index (κ1) is 16.0. The molecular formula is C11H19F3N2O3S. The van der Waals surface area contributed by atoms with Crippen LogP contribution in [0.5, 0.6) is 0 Å². The first-order valence-electron chi connectivity index (χ1n) is 6.61. The Morgan fingerprint density at radius 1 is 1.30 bits per heavy atom. The fourth-order valence-electron chi connectivity index (χ4n) is 2.58. The first-order valence-corrected chi connectivity index (χ1v) is 8.15. The summed E-state index contributed by atoms with van der Waals surface area (Å²) in [4.78, 5) is 0. The number of hydrogen-bond donors (Lipinski definition) is 2. The topological polar surface area (TPSA) is 67.4 Å². The number of nitrogens with one attached hydrogen (secondary N) is 2. The van der Waals surface area contributed by atoms with Crippen LogP contribution in [-0.2, 0) is 14.8 Å². The fraction of sp³-hybridized carbons (Fsp3) is 1.00. The van der Waals surface area contributed by atoms with Gasteiger partial charge in [-0.1, -0.05) is 0 Å². The summed E-state index contributed by atoms with van der Waals surface area (Å²) in [5.74, 6) is 0. The van der Waals surface area contributed by atoms with Gasteiger partial charge in [-0.05, 0) is 32.4 Å². The quantitative estimate of drug-likeness (QED) is 0.798. The van der Waals surface area contributed by atoms with E-state index in [0.717, 1.165) is 0 Å². The van der Waals surface area contributed by atoms with Crippen molar-refractivity contribution in [3.8, 4) is 0 Å². The van der Waals surface area contributed by atoms with Gasteiger partial charge in [0.15, 0.2) is 0 Å². The van der Waals surface area contributed by atoms with E-state index in [1.807, 2.05) is 0 Å². The van der Waals surface area contributed by atoms with Gasteiger partial charge in [-0.25, -0.2) is 13.1 Å². The molecule has 118 valence electrons. The molecule has 1 atom stereocenters. The van der Waals surface area contributed by atoms with E-state index in [1.165, 1.54) is 0 Å². The third-order valence-corrected chi connectivity index (χ3v) is 5.90. The molecule has 2 rings (SSSR count). The Morgan fingerprint density at radius 2 is 1.95 bits per heavy atom. The average molecular weight is 316 g/mol. The summed E-state index contributed by atoms with van der Waals surface area (Å²) in [5, 5.41) is 2.13. The van der Waals surface area contributed by atoms with Crippen LogP contribution in [0, 0.1) is 5.41 Å². The Kier molecular flexibility index (Phi) is 4.63. The van der Waals surface area contributed by atoms with Gasteiger partial charge in [-0.15, -0.1) is 0 Å². The van der Waals surface area contributed by atoms with Crippen LogP contribution in [0.3, 0.4) is 0 Å². The molecule has 0 aromatic heterocycles. The predicted octanol–water partition coefficient (Wildman–Crippen LogP) is 0.627. The number of hydrogen-bond acceptors (Lipinski definition) is 4. The van der Waals surface area contributed by atoms with Crippen molar-refractivity contribution in [2.24, 2.45) is 5.41 Å². The molecule has 0 aliphatic carbocycles. The number of ether oxygens (including phenoxy) is 1. The van der Waals surface area contributed by atoms with Gasteiger partial charge in [0.1, 0.15) is 5.25 Å². The summed E-state index contributed by atoms with van der Waals surface area (Å²) in [6.45, 7) is 0.286. The molecule has 0 amide bonds. The number of piperidine rings is 1. The molecule has 0 aromatic rings. The molecule has 20 heavy (non-hydrogen) atoms. The average Bonchev–Trinajstić information content (AvgIpc) is 2.91. The Morgan fingerprint density at radius 3 is 2.45 bits per heavy atom. The lowest BCUT2D eigenvalue weighted by Gasteiger charge is -2.39. The van der Waals surface area contributed by atoms with Crippen LogP contribution in [0.1, 0.15) is 19.3 Å². The Hall–Kier alpha value is -0.380. The molecule has 9 heteroatoms. The number of sulfonamides is 1. The summed E-state index contributed by atoms with van der Waals surface area (Å²) in [7, 11) is -3.75. The number of alkyl halides is 3. The maximum absolute atomic E-state index is 13.3. The smallest absolute Gasteiger partial charge is 0.380 e. The van der Waals surface area contributed by atoms with Gasteiger partial charge >= 0.3 is 6.18 Å². The van der Waals surface area contributed by atoms with Crippen LogP contribution in [-0.4, -0.2) is 52.7 Å². The van der Waals surface area contributed by atoms with Crippen LogP contribution in [0.4, 0.5) is 13.2 Å². The van der Waals surface area contributed by atoms with Gasteiger partial charge in [0.2, 0.25) is 10.0 Å². The Bertz CT molecular complexity index is 427. The fourth-order valence-corrected chi connectivity index (χ4v) is 3.98. The van der Waals surface area contributed by atoms with E-state index in [1.54, 1.807) is 0 Å². The monoisotopic (exact) mass is 316 g/mol. The second kappa shape index (κ2) is 5.78. The van der Waals surface area contributed by atoms with Crippen LogP contribution in [0.2, 0.25) is 0 Å². The molecule has 2 aliphatic rings. The molecule has 2 N–H and O–H groups in total. The highest BCUT2D eigenvalue weighted by molar-refractivity contribution is 7.90. The van der Waals surface area contributed by atoms with Crippen molar-refractivity contribution in [2.45, 2.75) is 30.7 Å². The molecule has 0 spiro atoms. The molecule has 0 aromatic carbocycles. The Labute approximate surface area is 116 Å². The summed E-state index contributed by atoms with van der Waals surface area (Å²) in [6, 6.07) is 0. The van der Waals surface area contributed by atoms with E-state index in [2.05, 4.69) is 10.0 Å². The van der Waals surface area contributed by atoms with E-state index >= 15 is 0 Å². The van der Waals surface area contributed by atoms with Crippen molar-refractivity contribution in [1.82, 2.24) is 10.0 Å². The lowest BCUT2D eigenvalue weighted by atomic mass is 9.78. The largest absolute Gasteiger partial charge is 0.395 e. The van der Waals surface area contributed by atoms with E-state index in [0.29, 0.717) is 13.0 Å². The van der Waals surface area contributed by atoms with Crippen LogP contribution < -0.4 is 10.0 Å². The summed E-state index contributed by atoms with van der Waals surface area (Å²) in [5.41, 5.74) is -1.97. The zero-order chi connectivity index (χ0) is 14.9. The maximum atomic E-state index is 13.3. The number of halogens is 3. The van der Waals surface area contributed by atoms with Gasteiger partial charge in [0.05, 0.1) is 12.0 Å². The van der Waals surface area contributed by atoms with Gasteiger partial charge in [0.25, 0.3) is 0 Å². The highest BCUT2D eigenvalue weighted by atomic mass is 32.2. The van der Waals surface area contributed by atoms with Gasteiger partial charge in [0, 0.05) is 13.2 Å². The van der Waals surface area contributed by atoms with Gasteiger partial charge < -0.3 is 10.1 Å². The molecule has 2 saturated heterocycles. The van der Waals surface area contributed by atoms with Crippen molar-refractivity contribution in [3.05, 3.63) is 0 Å². The van der Waals surface area contributed by atoms with Crippen LogP contribution >= 0.6 is 0 Å². The minimum Gasteiger partial charge on any atom is -0.380 e. The van der Waals surface area contributed by atoms with Crippen LogP contribution in [0.15, 0.2) is 0 Å². The van der Waals surface area contributed by atoms with E-state index in [-0.39, 0.29) is 32.5 Å². The minimum absolute atomic E-state index is 0.0515. The molecule has 1 unspecified atom stereocenters. The van der Waals surface area contributed by atoms with Gasteiger partial charge in [-0.3, -0.25) is 0 Å². The summed E-state index contributed by atoms with van der Waals surface area (Å²) < 4.78 is 70.9. The third-order valence-electron chi connectivity index (χ3n) is 4.10. The zero-order valence-corrected chi connectivity index (χ0v) is 11.8. The van der Waals surface area contributed by atoms with Crippen molar-refractivity contribution >= 4 is 10.0 Å². The van der Waals surface area contributed by atoms with Crippen molar-refractivity contribution in [1.29, 1.82) is 0 Å². The molecule has 0 bridgehead atoms. The lowest BCUT2D eigenvalue weighted by molar-refractivity contribution is -0.229. The standard InChI is InChI=1S/C11H19F3N2O3S/c12-11(13,14)10(2-4-15-5-3-10)8-16-20(17,18)9-1-6-19-7-9/h9,15-16H,1-8H2. The highest BCUT2D eigenvalue weighted by Gasteiger charge is 2.55. The normalized spacial score (nSPS) is 27.6. The molecule has 0 radical (unpaired) electrons. The lowest BCUT2D eigenvalue weighted by Crippen LogP contribution is -2.53. The molecule has 5 nitrogen and oxygen atoms in total. The van der Waals surface area contributed by atoms with E-state index in [4.69, 9.17) is 4.74 Å². The summed E-state index contributed by atoms with van der Waals surface area (Å²) >= 11 is 0. The third kappa shape index (κ3) is 3.26. The van der Waals surface area contributed by atoms with E-state index in [9.17, 15) is 21.6 Å².